The number of carbonyl (C=O) groups is 2. The lowest BCUT2D eigenvalue weighted by atomic mass is 10.2. The molecule has 0 bridgehead atoms. The van der Waals surface area contributed by atoms with Gasteiger partial charge in [0, 0.05) is 11.6 Å². The minimum atomic E-state index is -1.47. The van der Waals surface area contributed by atoms with Gasteiger partial charge < -0.3 is 19.9 Å². The molecule has 9 heteroatoms. The van der Waals surface area contributed by atoms with Gasteiger partial charge in [-0.3, -0.25) is 0 Å². The third-order valence-corrected chi connectivity index (χ3v) is 2.60. The van der Waals surface area contributed by atoms with Gasteiger partial charge in [0.05, 0.1) is 13.2 Å². The molecule has 0 radical (unpaired) electrons. The normalized spacial score (nSPS) is 12.6. The van der Waals surface area contributed by atoms with Gasteiger partial charge in [-0.15, -0.1) is 0 Å². The van der Waals surface area contributed by atoms with Crippen LogP contribution in [0.1, 0.15) is 26.3 Å². The lowest BCUT2D eigenvalue weighted by Gasteiger charge is -2.22. The van der Waals surface area contributed by atoms with E-state index in [4.69, 9.17) is 14.6 Å². The number of aliphatic carboxylic acids is 1. The SMILES string of the molecule is CC(C)(C)OC(=O)NC(COCc1cc(F)cc(F)c1F)C(=O)O. The van der Waals surface area contributed by atoms with E-state index in [-0.39, 0.29) is 0 Å². The Balaban J connectivity index is 2.62. The van der Waals surface area contributed by atoms with Crippen molar-refractivity contribution in [3.63, 3.8) is 0 Å². The van der Waals surface area contributed by atoms with Crippen molar-refractivity contribution < 1.29 is 37.3 Å². The standard InChI is InChI=1S/C15H18F3NO5/c1-15(2,3)24-14(22)19-11(13(20)21)7-23-6-8-4-9(16)5-10(17)12(8)18/h4-5,11H,6-7H2,1-3H3,(H,19,22)(H,20,21). The van der Waals surface area contributed by atoms with Crippen LogP contribution < -0.4 is 5.32 Å². The third kappa shape index (κ3) is 6.45. The molecule has 0 aliphatic rings. The summed E-state index contributed by atoms with van der Waals surface area (Å²) in [4.78, 5) is 22.6. The second kappa shape index (κ2) is 8.00. The predicted molar refractivity (Wildman–Crippen MR) is 76.8 cm³/mol. The van der Waals surface area contributed by atoms with E-state index in [2.05, 4.69) is 5.32 Å². The summed E-state index contributed by atoms with van der Waals surface area (Å²) >= 11 is 0. The molecular weight excluding hydrogens is 331 g/mol. The largest absolute Gasteiger partial charge is 0.480 e. The van der Waals surface area contributed by atoms with E-state index in [9.17, 15) is 22.8 Å². The predicted octanol–water partition coefficient (Wildman–Crippen LogP) is 2.60. The fourth-order valence-corrected chi connectivity index (χ4v) is 1.63. The van der Waals surface area contributed by atoms with Gasteiger partial charge in [-0.25, -0.2) is 22.8 Å². The monoisotopic (exact) mass is 349 g/mol. The zero-order valence-corrected chi connectivity index (χ0v) is 13.4. The van der Waals surface area contributed by atoms with E-state index >= 15 is 0 Å². The molecule has 1 unspecified atom stereocenters. The number of carboxylic acids is 1. The van der Waals surface area contributed by atoms with Gasteiger partial charge in [0.1, 0.15) is 11.4 Å². The Kier molecular flexibility index (Phi) is 6.59. The summed E-state index contributed by atoms with van der Waals surface area (Å²) in [6, 6.07) is -0.361. The molecule has 0 aliphatic carbocycles. The number of carbonyl (C=O) groups excluding carboxylic acids is 1. The first-order valence-corrected chi connectivity index (χ1v) is 6.93. The Bertz CT molecular complexity index is 616. The fourth-order valence-electron chi connectivity index (χ4n) is 1.63. The number of rotatable bonds is 6. The van der Waals surface area contributed by atoms with Crippen molar-refractivity contribution in [3.05, 3.63) is 35.1 Å². The van der Waals surface area contributed by atoms with E-state index in [0.29, 0.717) is 6.07 Å². The number of nitrogens with one attached hydrogen (secondary N) is 1. The van der Waals surface area contributed by atoms with Crippen molar-refractivity contribution in [1.29, 1.82) is 0 Å². The van der Waals surface area contributed by atoms with Gasteiger partial charge in [0.15, 0.2) is 17.7 Å². The highest BCUT2D eigenvalue weighted by molar-refractivity contribution is 5.80. The lowest BCUT2D eigenvalue weighted by molar-refractivity contribution is -0.141. The molecule has 1 atom stereocenters. The van der Waals surface area contributed by atoms with E-state index in [1.54, 1.807) is 20.8 Å². The summed E-state index contributed by atoms with van der Waals surface area (Å²) in [5, 5.41) is 11.1. The molecule has 0 aliphatic heterocycles. The van der Waals surface area contributed by atoms with Gasteiger partial charge >= 0.3 is 12.1 Å². The molecule has 134 valence electrons. The third-order valence-electron chi connectivity index (χ3n) is 2.60. The van der Waals surface area contributed by atoms with Crippen LogP contribution in [0.25, 0.3) is 0 Å². The van der Waals surface area contributed by atoms with Gasteiger partial charge in [-0.05, 0) is 26.8 Å². The van der Waals surface area contributed by atoms with E-state index in [1.165, 1.54) is 0 Å². The number of halogens is 3. The summed E-state index contributed by atoms with van der Waals surface area (Å²) < 4.78 is 49.3. The Morgan fingerprint density at radius 3 is 2.42 bits per heavy atom. The van der Waals surface area contributed by atoms with Crippen molar-refractivity contribution in [2.45, 2.75) is 39.0 Å². The Labute approximate surface area is 136 Å². The molecule has 0 spiro atoms. The number of ether oxygens (including phenoxy) is 2. The molecule has 2 N–H and O–H groups in total. The number of alkyl carbamates (subject to hydrolysis) is 1. The average Bonchev–Trinajstić information content (AvgIpc) is 2.40. The van der Waals surface area contributed by atoms with Crippen LogP contribution in [0.4, 0.5) is 18.0 Å². The first-order valence-electron chi connectivity index (χ1n) is 6.93. The Morgan fingerprint density at radius 2 is 1.88 bits per heavy atom. The number of carboxylic acid groups (broad SMARTS) is 1. The molecule has 0 saturated carbocycles. The second-order valence-corrected chi connectivity index (χ2v) is 5.91. The minimum Gasteiger partial charge on any atom is -0.480 e. The average molecular weight is 349 g/mol. The topological polar surface area (TPSA) is 84.9 Å². The number of hydrogen-bond acceptors (Lipinski definition) is 4. The van der Waals surface area contributed by atoms with Crippen LogP contribution in [0.2, 0.25) is 0 Å². The van der Waals surface area contributed by atoms with Crippen molar-refractivity contribution in [3.8, 4) is 0 Å². The fraction of sp³-hybridized carbons (Fsp3) is 0.467. The summed E-state index contributed by atoms with van der Waals surface area (Å²) in [6.07, 6.45) is -0.971. The molecule has 24 heavy (non-hydrogen) atoms. The summed E-state index contributed by atoms with van der Waals surface area (Å²) in [5.41, 5.74) is -1.23. The van der Waals surface area contributed by atoms with Gasteiger partial charge in [-0.1, -0.05) is 0 Å². The maximum atomic E-state index is 13.4. The molecular formula is C15H18F3NO5. The molecule has 0 heterocycles. The van der Waals surface area contributed by atoms with E-state index < -0.39 is 59.9 Å². The number of amides is 1. The van der Waals surface area contributed by atoms with E-state index in [0.717, 1.165) is 6.07 Å². The summed E-state index contributed by atoms with van der Waals surface area (Å²) in [6.45, 7) is 3.67. The zero-order chi connectivity index (χ0) is 18.5. The first-order chi connectivity index (χ1) is 11.0. The van der Waals surface area contributed by atoms with Gasteiger partial charge in [-0.2, -0.15) is 0 Å². The van der Waals surface area contributed by atoms with Crippen LogP contribution in [0.15, 0.2) is 12.1 Å². The van der Waals surface area contributed by atoms with Gasteiger partial charge in [0.2, 0.25) is 0 Å². The maximum absolute atomic E-state index is 13.4. The molecule has 1 aromatic carbocycles. The lowest BCUT2D eigenvalue weighted by Crippen LogP contribution is -2.46. The van der Waals surface area contributed by atoms with E-state index in [1.807, 2.05) is 0 Å². The smallest absolute Gasteiger partial charge is 0.408 e. The van der Waals surface area contributed by atoms with Crippen LogP contribution in [0.5, 0.6) is 0 Å². The Hall–Kier alpha value is -2.29. The van der Waals surface area contributed by atoms with Crippen LogP contribution >= 0.6 is 0 Å². The van der Waals surface area contributed by atoms with Gasteiger partial charge in [0.25, 0.3) is 0 Å². The Morgan fingerprint density at radius 1 is 1.25 bits per heavy atom. The minimum absolute atomic E-state index is 0.378. The highest BCUT2D eigenvalue weighted by Gasteiger charge is 2.24. The number of hydrogen-bond donors (Lipinski definition) is 2. The molecule has 0 aromatic heterocycles. The summed E-state index contributed by atoms with van der Waals surface area (Å²) in [7, 11) is 0. The van der Waals surface area contributed by atoms with Crippen LogP contribution in [0, 0.1) is 17.5 Å². The maximum Gasteiger partial charge on any atom is 0.408 e. The number of benzene rings is 1. The zero-order valence-electron chi connectivity index (χ0n) is 13.4. The molecule has 1 amide bonds. The van der Waals surface area contributed by atoms with Crippen molar-refractivity contribution in [1.82, 2.24) is 5.32 Å². The highest BCUT2D eigenvalue weighted by atomic mass is 19.2. The van der Waals surface area contributed by atoms with Crippen molar-refractivity contribution >= 4 is 12.1 Å². The molecule has 0 saturated heterocycles. The summed E-state index contributed by atoms with van der Waals surface area (Å²) in [5.74, 6) is -5.07. The molecule has 0 fully saturated rings. The molecule has 1 rings (SSSR count). The first kappa shape index (κ1) is 19.8. The van der Waals surface area contributed by atoms with Crippen LogP contribution in [-0.4, -0.2) is 35.4 Å². The highest BCUT2D eigenvalue weighted by Crippen LogP contribution is 2.15. The van der Waals surface area contributed by atoms with Crippen LogP contribution in [0.3, 0.4) is 0 Å². The van der Waals surface area contributed by atoms with Crippen LogP contribution in [-0.2, 0) is 20.9 Å². The van der Waals surface area contributed by atoms with Crippen molar-refractivity contribution in [2.75, 3.05) is 6.61 Å². The second-order valence-electron chi connectivity index (χ2n) is 5.91. The molecule has 6 nitrogen and oxygen atoms in total. The molecule has 1 aromatic rings. The quantitative estimate of drug-likeness (QED) is 0.771. The van der Waals surface area contributed by atoms with Crippen molar-refractivity contribution in [2.24, 2.45) is 0 Å².